The van der Waals surface area contributed by atoms with Crippen LogP contribution in [0.3, 0.4) is 0 Å². The maximum Gasteiger partial charge on any atom is 0.337 e. The molecule has 0 aliphatic carbocycles. The van der Waals surface area contributed by atoms with Gasteiger partial charge in [0.1, 0.15) is 23.2 Å². The fraction of sp³-hybridized carbons (Fsp3) is 0.227. The number of nitrogens with zero attached hydrogens (tertiary/aromatic N) is 2. The van der Waals surface area contributed by atoms with Crippen LogP contribution in [0.2, 0.25) is 0 Å². The van der Waals surface area contributed by atoms with E-state index in [1.54, 1.807) is 31.4 Å². The number of hydrogen-bond acceptors (Lipinski definition) is 7. The third kappa shape index (κ3) is 5.44. The summed E-state index contributed by atoms with van der Waals surface area (Å²) >= 11 is 0. The van der Waals surface area contributed by atoms with Crippen molar-refractivity contribution in [3.63, 3.8) is 0 Å². The van der Waals surface area contributed by atoms with Gasteiger partial charge < -0.3 is 20.1 Å². The minimum Gasteiger partial charge on any atom is -0.496 e. The molecule has 0 saturated heterocycles. The van der Waals surface area contributed by atoms with Crippen LogP contribution in [0.15, 0.2) is 54.6 Å². The second kappa shape index (κ2) is 9.54. The average Bonchev–Trinajstić information content (AvgIpc) is 2.73. The van der Waals surface area contributed by atoms with Crippen LogP contribution < -0.4 is 15.4 Å². The van der Waals surface area contributed by atoms with Gasteiger partial charge in [0.15, 0.2) is 0 Å². The molecule has 3 aromatic rings. The predicted octanol–water partition coefficient (Wildman–Crippen LogP) is 3.98. The zero-order valence-corrected chi connectivity index (χ0v) is 16.7. The van der Waals surface area contributed by atoms with Gasteiger partial charge in [-0.2, -0.15) is 0 Å². The van der Waals surface area contributed by atoms with E-state index in [1.807, 2.05) is 31.2 Å². The summed E-state index contributed by atoms with van der Waals surface area (Å²) in [5.41, 5.74) is 2.45. The molecule has 0 unspecified atom stereocenters. The number of carbonyl (C=O) groups excluding carboxylic acids is 1. The van der Waals surface area contributed by atoms with Crippen molar-refractivity contribution in [1.82, 2.24) is 9.97 Å². The highest BCUT2D eigenvalue weighted by Crippen LogP contribution is 2.20. The van der Waals surface area contributed by atoms with E-state index in [9.17, 15) is 4.79 Å². The van der Waals surface area contributed by atoms with E-state index in [2.05, 4.69) is 26.7 Å². The standard InChI is InChI=1S/C22H24N4O3/c1-15-24-20(23-13-12-16-6-4-5-7-19(16)28-2)14-21(25-15)26-18-10-8-17(9-11-18)22(27)29-3/h4-11,14H,12-13H2,1-3H3,(H2,23,24,25,26). The molecule has 0 aliphatic heterocycles. The zero-order valence-electron chi connectivity index (χ0n) is 16.7. The number of anilines is 3. The van der Waals surface area contributed by atoms with Gasteiger partial charge in [0, 0.05) is 18.3 Å². The minimum atomic E-state index is -0.365. The third-order valence-corrected chi connectivity index (χ3v) is 4.31. The first-order valence-electron chi connectivity index (χ1n) is 9.26. The Kier molecular flexibility index (Phi) is 6.63. The number of aromatic nitrogens is 2. The fourth-order valence-electron chi connectivity index (χ4n) is 2.91. The summed E-state index contributed by atoms with van der Waals surface area (Å²) in [5, 5.41) is 6.57. The van der Waals surface area contributed by atoms with Crippen molar-refractivity contribution in [2.45, 2.75) is 13.3 Å². The van der Waals surface area contributed by atoms with Crippen molar-refractivity contribution >= 4 is 23.3 Å². The van der Waals surface area contributed by atoms with E-state index >= 15 is 0 Å². The number of benzene rings is 2. The van der Waals surface area contributed by atoms with Gasteiger partial charge in [0.2, 0.25) is 0 Å². The number of aryl methyl sites for hydroxylation is 1. The Bertz CT molecular complexity index is 974. The van der Waals surface area contributed by atoms with Gasteiger partial charge in [-0.3, -0.25) is 0 Å². The molecule has 2 N–H and O–H groups in total. The van der Waals surface area contributed by atoms with Crippen molar-refractivity contribution in [3.8, 4) is 5.75 Å². The maximum absolute atomic E-state index is 11.5. The van der Waals surface area contributed by atoms with Crippen molar-refractivity contribution in [1.29, 1.82) is 0 Å². The molecule has 29 heavy (non-hydrogen) atoms. The lowest BCUT2D eigenvalue weighted by Crippen LogP contribution is -2.09. The summed E-state index contributed by atoms with van der Waals surface area (Å²) in [6, 6.07) is 16.8. The molecule has 0 saturated carbocycles. The van der Waals surface area contributed by atoms with Gasteiger partial charge in [-0.05, 0) is 49.2 Å². The van der Waals surface area contributed by atoms with Crippen LogP contribution in [0, 0.1) is 6.92 Å². The highest BCUT2D eigenvalue weighted by atomic mass is 16.5. The van der Waals surface area contributed by atoms with Gasteiger partial charge >= 0.3 is 5.97 Å². The number of rotatable bonds is 8. The number of carbonyl (C=O) groups is 1. The van der Waals surface area contributed by atoms with Crippen LogP contribution in [-0.2, 0) is 11.2 Å². The zero-order chi connectivity index (χ0) is 20.6. The minimum absolute atomic E-state index is 0.365. The molecule has 1 heterocycles. The van der Waals surface area contributed by atoms with Crippen molar-refractivity contribution < 1.29 is 14.3 Å². The summed E-state index contributed by atoms with van der Waals surface area (Å²) in [6.45, 7) is 2.56. The van der Waals surface area contributed by atoms with Crippen LogP contribution in [0.5, 0.6) is 5.75 Å². The summed E-state index contributed by atoms with van der Waals surface area (Å²) in [7, 11) is 3.04. The van der Waals surface area contributed by atoms with Crippen LogP contribution in [0.4, 0.5) is 17.3 Å². The van der Waals surface area contributed by atoms with Crippen LogP contribution in [0.25, 0.3) is 0 Å². The second-order valence-corrected chi connectivity index (χ2v) is 6.37. The Labute approximate surface area is 170 Å². The summed E-state index contributed by atoms with van der Waals surface area (Å²) in [6.07, 6.45) is 0.810. The van der Waals surface area contributed by atoms with E-state index < -0.39 is 0 Å². The van der Waals surface area contributed by atoms with Crippen LogP contribution in [0.1, 0.15) is 21.7 Å². The molecular formula is C22H24N4O3. The Morgan fingerprint density at radius 1 is 1.00 bits per heavy atom. The van der Waals surface area contributed by atoms with Gasteiger partial charge in [-0.15, -0.1) is 0 Å². The van der Waals surface area contributed by atoms with Crippen molar-refractivity contribution in [2.24, 2.45) is 0 Å². The maximum atomic E-state index is 11.5. The predicted molar refractivity (Wildman–Crippen MR) is 113 cm³/mol. The molecule has 2 aromatic carbocycles. The quantitative estimate of drug-likeness (QED) is 0.561. The summed E-state index contributed by atoms with van der Waals surface area (Å²) in [4.78, 5) is 20.4. The molecule has 1 aromatic heterocycles. The van der Waals surface area contributed by atoms with Crippen LogP contribution >= 0.6 is 0 Å². The SMILES string of the molecule is COC(=O)c1ccc(Nc2cc(NCCc3ccccc3OC)nc(C)n2)cc1. The average molecular weight is 392 g/mol. The number of ether oxygens (including phenoxy) is 2. The van der Waals surface area contributed by atoms with Gasteiger partial charge in [-0.1, -0.05) is 18.2 Å². The second-order valence-electron chi connectivity index (χ2n) is 6.37. The molecule has 3 rings (SSSR count). The summed E-state index contributed by atoms with van der Waals surface area (Å²) in [5.74, 6) is 2.58. The number of para-hydroxylation sites is 1. The molecule has 0 aliphatic rings. The van der Waals surface area contributed by atoms with E-state index in [0.717, 1.165) is 29.2 Å². The molecule has 7 nitrogen and oxygen atoms in total. The van der Waals surface area contributed by atoms with Crippen molar-refractivity contribution in [2.75, 3.05) is 31.4 Å². The topological polar surface area (TPSA) is 85.4 Å². The summed E-state index contributed by atoms with van der Waals surface area (Å²) < 4.78 is 10.1. The lowest BCUT2D eigenvalue weighted by Gasteiger charge is -2.12. The molecule has 0 spiro atoms. The molecule has 0 atom stereocenters. The Balaban J connectivity index is 1.64. The van der Waals surface area contributed by atoms with E-state index in [0.29, 0.717) is 23.8 Å². The van der Waals surface area contributed by atoms with E-state index in [-0.39, 0.29) is 5.97 Å². The third-order valence-electron chi connectivity index (χ3n) is 4.31. The highest BCUT2D eigenvalue weighted by molar-refractivity contribution is 5.89. The van der Waals surface area contributed by atoms with Crippen LogP contribution in [-0.4, -0.2) is 36.7 Å². The van der Waals surface area contributed by atoms with E-state index in [4.69, 9.17) is 9.47 Å². The van der Waals surface area contributed by atoms with Gasteiger partial charge in [0.05, 0.1) is 19.8 Å². The first kappa shape index (κ1) is 20.1. The van der Waals surface area contributed by atoms with Gasteiger partial charge in [-0.25, -0.2) is 14.8 Å². The Hall–Kier alpha value is -3.61. The lowest BCUT2D eigenvalue weighted by atomic mass is 10.1. The Morgan fingerprint density at radius 3 is 2.45 bits per heavy atom. The molecule has 0 bridgehead atoms. The Morgan fingerprint density at radius 2 is 1.72 bits per heavy atom. The number of methoxy groups -OCH3 is 2. The monoisotopic (exact) mass is 392 g/mol. The number of nitrogens with one attached hydrogen (secondary N) is 2. The van der Waals surface area contributed by atoms with Gasteiger partial charge in [0.25, 0.3) is 0 Å². The molecule has 150 valence electrons. The number of esters is 1. The molecule has 0 fully saturated rings. The van der Waals surface area contributed by atoms with Crippen molar-refractivity contribution in [3.05, 3.63) is 71.5 Å². The normalized spacial score (nSPS) is 10.3. The molecular weight excluding hydrogens is 368 g/mol. The fourth-order valence-corrected chi connectivity index (χ4v) is 2.91. The first-order valence-corrected chi connectivity index (χ1v) is 9.26. The first-order chi connectivity index (χ1) is 14.1. The largest absolute Gasteiger partial charge is 0.496 e. The number of hydrogen-bond donors (Lipinski definition) is 2. The molecule has 7 heteroatoms. The molecule has 0 radical (unpaired) electrons. The van der Waals surface area contributed by atoms with E-state index in [1.165, 1.54) is 7.11 Å². The molecule has 0 amide bonds. The smallest absolute Gasteiger partial charge is 0.337 e. The highest BCUT2D eigenvalue weighted by Gasteiger charge is 2.07. The lowest BCUT2D eigenvalue weighted by molar-refractivity contribution is 0.0601.